The normalized spacial score (nSPS) is 21.4. The van der Waals surface area contributed by atoms with Gasteiger partial charge in [0.1, 0.15) is 30.6 Å². The third kappa shape index (κ3) is 4.07. The summed E-state index contributed by atoms with van der Waals surface area (Å²) in [4.78, 5) is 26.3. The molecule has 5 rings (SSSR count). The van der Waals surface area contributed by atoms with Crippen LogP contribution in [-0.2, 0) is 11.8 Å². The second-order valence-corrected chi connectivity index (χ2v) is 10.4. The van der Waals surface area contributed by atoms with Crippen molar-refractivity contribution in [1.82, 2.24) is 24.6 Å². The Kier molecular flexibility index (Phi) is 6.07. The van der Waals surface area contributed by atoms with E-state index in [1.807, 2.05) is 26.0 Å². The molecule has 2 fully saturated rings. The fraction of sp³-hybridized carbons (Fsp3) is 0.481. The molecule has 1 amide bonds. The van der Waals surface area contributed by atoms with Gasteiger partial charge in [0.25, 0.3) is 0 Å². The Hall–Kier alpha value is -4.05. The molecule has 1 aliphatic carbocycles. The van der Waals surface area contributed by atoms with Gasteiger partial charge in [0.15, 0.2) is 5.41 Å². The van der Waals surface area contributed by atoms with Gasteiger partial charge in [0.2, 0.25) is 5.91 Å². The van der Waals surface area contributed by atoms with Crippen molar-refractivity contribution in [3.8, 4) is 23.4 Å². The number of benzene rings is 1. The number of rotatable bonds is 5. The van der Waals surface area contributed by atoms with Crippen molar-refractivity contribution in [1.29, 1.82) is 10.5 Å². The van der Waals surface area contributed by atoms with Gasteiger partial charge in [0, 0.05) is 49.2 Å². The molecule has 10 heteroatoms. The van der Waals surface area contributed by atoms with Gasteiger partial charge in [-0.1, -0.05) is 12.1 Å². The second kappa shape index (κ2) is 9.11. The highest BCUT2D eigenvalue weighted by Gasteiger charge is 2.43. The first-order valence-electron chi connectivity index (χ1n) is 12.5. The molecule has 0 radical (unpaired) electrons. The number of fused-ring (bicyclic) bond motifs is 1. The van der Waals surface area contributed by atoms with Gasteiger partial charge in [-0.05, 0) is 45.1 Å². The molecule has 1 saturated carbocycles. The summed E-state index contributed by atoms with van der Waals surface area (Å²) in [6, 6.07) is 9.58. The number of alkyl halides is 1. The number of nitrogens with zero attached hydrogens (tertiary/aromatic N) is 8. The lowest BCUT2D eigenvalue weighted by molar-refractivity contribution is -0.142. The number of amides is 1. The molecule has 2 aliphatic rings. The van der Waals surface area contributed by atoms with Crippen molar-refractivity contribution in [2.75, 3.05) is 24.7 Å². The highest BCUT2D eigenvalue weighted by atomic mass is 19.1. The fourth-order valence-electron chi connectivity index (χ4n) is 5.20. The Bertz CT molecular complexity index is 1470. The van der Waals surface area contributed by atoms with Gasteiger partial charge in [0.05, 0.1) is 17.3 Å². The summed E-state index contributed by atoms with van der Waals surface area (Å²) in [6.07, 6.45) is 3.76. The largest absolute Gasteiger partial charge is 0.349 e. The highest BCUT2D eigenvalue weighted by molar-refractivity contribution is 6.01. The Morgan fingerprint density at radius 2 is 1.95 bits per heavy atom. The SMILES string of the molecule is C[C@@H]1CN(c2ncnc3c(-c4cc(C#N)n(C)n4)ccc(C4CC4)c23)[C@@H](C)CN1C(=O)[C@@](C)(C#N)CF. The standard InChI is InChI=1S/C27H29FN8O/c1-16-12-36(26(37)27(3,13-28)14-30)17(2)11-35(16)25-23-20(18-5-6-18)7-8-21(24(23)31-15-32-25)22-9-19(10-29)34(4)33-22/h7-9,15-18H,5-6,11-13H2,1-4H3/t16-,17+,27+/m0/s1. The summed E-state index contributed by atoms with van der Waals surface area (Å²) in [5.74, 6) is 0.759. The first kappa shape index (κ1) is 24.6. The lowest BCUT2D eigenvalue weighted by atomic mass is 9.90. The van der Waals surface area contributed by atoms with Crippen molar-refractivity contribution in [3.05, 3.63) is 35.8 Å². The van der Waals surface area contributed by atoms with E-state index >= 15 is 0 Å². The van der Waals surface area contributed by atoms with Crippen molar-refractivity contribution in [3.63, 3.8) is 0 Å². The number of aryl methyl sites for hydroxylation is 1. The first-order chi connectivity index (χ1) is 17.7. The number of hydrogen-bond acceptors (Lipinski definition) is 7. The van der Waals surface area contributed by atoms with Crippen LogP contribution in [0, 0.1) is 28.1 Å². The van der Waals surface area contributed by atoms with E-state index < -0.39 is 18.0 Å². The Balaban J connectivity index is 1.58. The molecule has 37 heavy (non-hydrogen) atoms. The van der Waals surface area contributed by atoms with E-state index in [0.29, 0.717) is 30.4 Å². The molecule has 3 atom stereocenters. The summed E-state index contributed by atoms with van der Waals surface area (Å²) in [5, 5.41) is 24.4. The maximum Gasteiger partial charge on any atom is 0.245 e. The van der Waals surface area contributed by atoms with Crippen LogP contribution in [0.2, 0.25) is 0 Å². The molecule has 9 nitrogen and oxygen atoms in total. The van der Waals surface area contributed by atoms with Crippen LogP contribution in [0.15, 0.2) is 24.5 Å². The number of nitriles is 2. The Morgan fingerprint density at radius 1 is 1.19 bits per heavy atom. The minimum absolute atomic E-state index is 0.114. The molecule has 0 unspecified atom stereocenters. The van der Waals surface area contributed by atoms with Crippen LogP contribution in [0.25, 0.3) is 22.2 Å². The molecule has 0 bridgehead atoms. The molecule has 1 aromatic carbocycles. The zero-order chi connectivity index (χ0) is 26.5. The average Bonchev–Trinajstić information content (AvgIpc) is 3.69. The van der Waals surface area contributed by atoms with E-state index in [1.165, 1.54) is 12.5 Å². The number of carbonyl (C=O) groups excluding carboxylic acids is 1. The van der Waals surface area contributed by atoms with Gasteiger partial charge in [-0.25, -0.2) is 14.4 Å². The molecule has 0 spiro atoms. The second-order valence-electron chi connectivity index (χ2n) is 10.4. The Labute approximate surface area is 215 Å². The minimum Gasteiger partial charge on any atom is -0.349 e. The number of aromatic nitrogens is 4. The van der Waals surface area contributed by atoms with E-state index in [2.05, 4.69) is 27.1 Å². The maximum absolute atomic E-state index is 13.6. The monoisotopic (exact) mass is 500 g/mol. The van der Waals surface area contributed by atoms with Crippen molar-refractivity contribution in [2.45, 2.75) is 51.6 Å². The lowest BCUT2D eigenvalue weighted by Gasteiger charge is -2.46. The highest BCUT2D eigenvalue weighted by Crippen LogP contribution is 2.47. The Morgan fingerprint density at radius 3 is 2.57 bits per heavy atom. The summed E-state index contributed by atoms with van der Waals surface area (Å²) >= 11 is 0. The number of piperazine rings is 1. The zero-order valence-electron chi connectivity index (χ0n) is 21.4. The van der Waals surface area contributed by atoms with E-state index in [-0.39, 0.29) is 12.1 Å². The molecule has 0 N–H and O–H groups in total. The molecule has 3 heterocycles. The summed E-state index contributed by atoms with van der Waals surface area (Å²) in [6.45, 7) is 5.11. The van der Waals surface area contributed by atoms with Crippen LogP contribution in [0.4, 0.5) is 10.2 Å². The van der Waals surface area contributed by atoms with Crippen LogP contribution in [0.3, 0.4) is 0 Å². The molecule has 190 valence electrons. The maximum atomic E-state index is 13.6. The van der Waals surface area contributed by atoms with E-state index in [1.54, 1.807) is 29.0 Å². The fourth-order valence-corrected chi connectivity index (χ4v) is 5.20. The smallest absolute Gasteiger partial charge is 0.245 e. The van der Waals surface area contributed by atoms with Crippen molar-refractivity contribution >= 4 is 22.6 Å². The van der Waals surface area contributed by atoms with E-state index in [4.69, 9.17) is 4.98 Å². The third-order valence-electron chi connectivity index (χ3n) is 7.59. The third-order valence-corrected chi connectivity index (χ3v) is 7.59. The minimum atomic E-state index is -1.68. The van der Waals surface area contributed by atoms with E-state index in [0.717, 1.165) is 35.1 Å². The van der Waals surface area contributed by atoms with Crippen LogP contribution in [0.1, 0.15) is 50.8 Å². The summed E-state index contributed by atoms with van der Waals surface area (Å²) in [7, 11) is 1.74. The van der Waals surface area contributed by atoms with Crippen LogP contribution < -0.4 is 4.90 Å². The zero-order valence-corrected chi connectivity index (χ0v) is 21.4. The number of anilines is 1. The number of hydrogen-bond donors (Lipinski definition) is 0. The molecular formula is C27H29FN8O. The van der Waals surface area contributed by atoms with Gasteiger partial charge < -0.3 is 9.80 Å². The van der Waals surface area contributed by atoms with Gasteiger partial charge in [-0.3, -0.25) is 9.48 Å². The topological polar surface area (TPSA) is 115 Å². The lowest BCUT2D eigenvalue weighted by Crippen LogP contribution is -2.61. The van der Waals surface area contributed by atoms with E-state index in [9.17, 15) is 19.7 Å². The van der Waals surface area contributed by atoms with Crippen LogP contribution in [-0.4, -0.2) is 62.4 Å². The van der Waals surface area contributed by atoms with Crippen molar-refractivity contribution in [2.24, 2.45) is 12.5 Å². The molecule has 3 aromatic rings. The molecule has 2 aromatic heterocycles. The molecule has 1 aliphatic heterocycles. The molecule has 1 saturated heterocycles. The first-order valence-corrected chi connectivity index (χ1v) is 12.5. The van der Waals surface area contributed by atoms with Crippen LogP contribution in [0.5, 0.6) is 0 Å². The van der Waals surface area contributed by atoms with Gasteiger partial charge >= 0.3 is 0 Å². The van der Waals surface area contributed by atoms with Gasteiger partial charge in [-0.15, -0.1) is 0 Å². The van der Waals surface area contributed by atoms with Gasteiger partial charge in [-0.2, -0.15) is 15.6 Å². The predicted molar refractivity (Wildman–Crippen MR) is 136 cm³/mol. The average molecular weight is 501 g/mol. The number of carbonyl (C=O) groups is 1. The molecular weight excluding hydrogens is 471 g/mol. The summed E-state index contributed by atoms with van der Waals surface area (Å²) < 4.78 is 15.2. The summed E-state index contributed by atoms with van der Waals surface area (Å²) in [5.41, 5.74) is 2.27. The predicted octanol–water partition coefficient (Wildman–Crippen LogP) is 3.70. The quantitative estimate of drug-likeness (QED) is 0.525. The van der Waals surface area contributed by atoms with Crippen LogP contribution >= 0.6 is 0 Å². The number of halogens is 1. The van der Waals surface area contributed by atoms with Crippen molar-refractivity contribution < 1.29 is 9.18 Å².